The van der Waals surface area contributed by atoms with Crippen molar-refractivity contribution in [2.45, 2.75) is 49.4 Å². The third kappa shape index (κ3) is 3.27. The summed E-state index contributed by atoms with van der Waals surface area (Å²) in [6.45, 7) is 0. The molecular formula is C34H32. The van der Waals surface area contributed by atoms with E-state index in [1.165, 1.54) is 60.8 Å². The van der Waals surface area contributed by atoms with Gasteiger partial charge in [0.1, 0.15) is 0 Å². The van der Waals surface area contributed by atoms with Crippen molar-refractivity contribution in [3.05, 3.63) is 120 Å². The molecule has 0 aliphatic heterocycles. The van der Waals surface area contributed by atoms with Crippen LogP contribution in [0.25, 0.3) is 22.3 Å². The highest BCUT2D eigenvalue weighted by Gasteiger charge is 2.58. The first-order valence-corrected chi connectivity index (χ1v) is 13.0. The van der Waals surface area contributed by atoms with Crippen molar-refractivity contribution in [2.75, 3.05) is 0 Å². The van der Waals surface area contributed by atoms with E-state index in [1.54, 1.807) is 11.1 Å². The molecule has 4 aromatic rings. The Labute approximate surface area is 203 Å². The number of hydrogen-bond acceptors (Lipinski definition) is 0. The van der Waals surface area contributed by atoms with Gasteiger partial charge >= 0.3 is 0 Å². The van der Waals surface area contributed by atoms with Gasteiger partial charge in [-0.1, -0.05) is 109 Å². The van der Waals surface area contributed by atoms with Crippen molar-refractivity contribution in [1.82, 2.24) is 0 Å². The van der Waals surface area contributed by atoms with Crippen LogP contribution in [0.1, 0.15) is 49.7 Å². The summed E-state index contributed by atoms with van der Waals surface area (Å²) < 4.78 is 0. The molecule has 4 aromatic carbocycles. The summed E-state index contributed by atoms with van der Waals surface area (Å²) in [6.07, 6.45) is 8.29. The normalized spacial score (nSPS) is 29.3. The van der Waals surface area contributed by atoms with Gasteiger partial charge in [-0.25, -0.2) is 0 Å². The minimum Gasteiger partial charge on any atom is -0.0622 e. The number of benzene rings is 4. The summed E-state index contributed by atoms with van der Waals surface area (Å²) in [7, 11) is 0. The molecule has 34 heavy (non-hydrogen) atoms. The fraction of sp³-hybridized carbons (Fsp3) is 0.294. The lowest BCUT2D eigenvalue weighted by Crippen LogP contribution is -2.55. The van der Waals surface area contributed by atoms with Crippen LogP contribution >= 0.6 is 0 Å². The predicted octanol–water partition coefficient (Wildman–Crippen LogP) is 8.81. The molecule has 2 atom stereocenters. The summed E-state index contributed by atoms with van der Waals surface area (Å²) in [4.78, 5) is 0. The second-order valence-corrected chi connectivity index (χ2v) is 11.4. The van der Waals surface area contributed by atoms with Crippen molar-refractivity contribution in [2.24, 2.45) is 11.8 Å². The van der Waals surface area contributed by atoms with Crippen LogP contribution in [0.15, 0.2) is 109 Å². The minimum absolute atomic E-state index is 0.340. The Morgan fingerprint density at radius 1 is 0.441 bits per heavy atom. The first kappa shape index (κ1) is 20.3. The molecule has 4 aliphatic rings. The molecule has 0 radical (unpaired) electrons. The van der Waals surface area contributed by atoms with Crippen LogP contribution in [0.3, 0.4) is 0 Å². The monoisotopic (exact) mass is 440 g/mol. The average Bonchev–Trinajstić information content (AvgIpc) is 2.89. The van der Waals surface area contributed by atoms with Crippen molar-refractivity contribution < 1.29 is 0 Å². The number of hydrogen-bond donors (Lipinski definition) is 0. The molecular weight excluding hydrogens is 408 g/mol. The van der Waals surface area contributed by atoms with Crippen LogP contribution in [0.4, 0.5) is 0 Å². The van der Waals surface area contributed by atoms with E-state index < -0.39 is 0 Å². The lowest BCUT2D eigenvalue weighted by atomic mass is 9.41. The van der Waals surface area contributed by atoms with E-state index in [1.807, 2.05) is 0 Å². The maximum absolute atomic E-state index is 2.52. The van der Waals surface area contributed by atoms with Crippen LogP contribution < -0.4 is 0 Å². The smallest absolute Gasteiger partial charge is 0.00330 e. The van der Waals surface area contributed by atoms with Gasteiger partial charge in [0.15, 0.2) is 0 Å². The predicted molar refractivity (Wildman–Crippen MR) is 142 cm³/mol. The van der Waals surface area contributed by atoms with Crippen molar-refractivity contribution in [3.63, 3.8) is 0 Å². The molecule has 0 nitrogen and oxygen atoms in total. The molecule has 0 N–H and O–H groups in total. The molecule has 8 rings (SSSR count). The van der Waals surface area contributed by atoms with Gasteiger partial charge in [0, 0.05) is 0 Å². The largest absolute Gasteiger partial charge is 0.0622 e. The van der Waals surface area contributed by atoms with Gasteiger partial charge < -0.3 is 0 Å². The average molecular weight is 441 g/mol. The lowest BCUT2D eigenvalue weighted by Gasteiger charge is -2.63. The van der Waals surface area contributed by atoms with Crippen molar-refractivity contribution >= 4 is 0 Å². The van der Waals surface area contributed by atoms with E-state index in [9.17, 15) is 0 Å². The van der Waals surface area contributed by atoms with Crippen LogP contribution in [-0.2, 0) is 10.8 Å². The first-order chi connectivity index (χ1) is 16.7. The Bertz CT molecular complexity index is 1290. The molecule has 0 heteroatoms. The number of rotatable bonds is 4. The Morgan fingerprint density at radius 2 is 0.941 bits per heavy atom. The molecule has 4 saturated carbocycles. The molecule has 0 amide bonds. The van der Waals surface area contributed by atoms with Gasteiger partial charge in [-0.05, 0) is 94.6 Å². The fourth-order valence-electron chi connectivity index (χ4n) is 8.24. The molecule has 0 aromatic heterocycles. The zero-order valence-electron chi connectivity index (χ0n) is 19.8. The fourth-order valence-corrected chi connectivity index (χ4v) is 8.24. The molecule has 0 spiro atoms. The summed E-state index contributed by atoms with van der Waals surface area (Å²) in [5, 5.41) is 0. The van der Waals surface area contributed by atoms with Gasteiger partial charge in [-0.3, -0.25) is 0 Å². The summed E-state index contributed by atoms with van der Waals surface area (Å²) >= 11 is 0. The Hall–Kier alpha value is -3.12. The van der Waals surface area contributed by atoms with Gasteiger partial charge in [0.05, 0.1) is 0 Å². The molecule has 168 valence electrons. The highest BCUT2D eigenvalue weighted by Crippen LogP contribution is 2.66. The van der Waals surface area contributed by atoms with E-state index in [-0.39, 0.29) is 0 Å². The Morgan fingerprint density at radius 3 is 1.56 bits per heavy atom. The molecule has 4 bridgehead atoms. The summed E-state index contributed by atoms with van der Waals surface area (Å²) in [5.74, 6) is 1.74. The zero-order valence-corrected chi connectivity index (χ0v) is 19.8. The van der Waals surface area contributed by atoms with Gasteiger partial charge in [0.2, 0.25) is 0 Å². The Balaban J connectivity index is 1.26. The SMILES string of the molecule is c1ccc(-c2ccc(C34CC5CC(C3)CC(c3cccc(-c6ccccc6)c3)(C5)C4)cc2)cc1. The first-order valence-electron chi connectivity index (χ1n) is 13.0. The highest BCUT2D eigenvalue weighted by atomic mass is 14.6. The van der Waals surface area contributed by atoms with Gasteiger partial charge in [-0.15, -0.1) is 0 Å². The molecule has 4 fully saturated rings. The Kier molecular flexibility index (Phi) is 4.59. The zero-order chi connectivity index (χ0) is 22.6. The minimum atomic E-state index is 0.340. The van der Waals surface area contributed by atoms with Crippen LogP contribution in [0, 0.1) is 11.8 Å². The standard InChI is InChI=1S/C34H32/c1-3-8-27(9-4-1)29-14-16-31(17-15-29)33-20-25-18-26(21-33)23-34(22-25,24-33)32-13-7-12-30(19-32)28-10-5-2-6-11-28/h1-17,19,25-26H,18,20-24H2. The van der Waals surface area contributed by atoms with Crippen LogP contribution in [0.5, 0.6) is 0 Å². The molecule has 2 unspecified atom stereocenters. The molecule has 4 aliphatic carbocycles. The third-order valence-electron chi connectivity index (χ3n) is 9.25. The maximum atomic E-state index is 2.52. The lowest BCUT2D eigenvalue weighted by molar-refractivity contribution is -0.0281. The van der Waals surface area contributed by atoms with E-state index in [2.05, 4.69) is 109 Å². The van der Waals surface area contributed by atoms with Gasteiger partial charge in [0.25, 0.3) is 0 Å². The van der Waals surface area contributed by atoms with Gasteiger partial charge in [-0.2, -0.15) is 0 Å². The molecule has 0 heterocycles. The van der Waals surface area contributed by atoms with E-state index in [4.69, 9.17) is 0 Å². The molecule has 0 saturated heterocycles. The second kappa shape index (κ2) is 7.70. The van der Waals surface area contributed by atoms with Crippen LogP contribution in [0.2, 0.25) is 0 Å². The van der Waals surface area contributed by atoms with Crippen molar-refractivity contribution in [3.8, 4) is 22.3 Å². The maximum Gasteiger partial charge on any atom is -0.00330 e. The third-order valence-corrected chi connectivity index (χ3v) is 9.25. The second-order valence-electron chi connectivity index (χ2n) is 11.4. The van der Waals surface area contributed by atoms with Crippen LogP contribution in [-0.4, -0.2) is 0 Å². The van der Waals surface area contributed by atoms with E-state index in [0.717, 1.165) is 11.8 Å². The highest BCUT2D eigenvalue weighted by molar-refractivity contribution is 5.65. The summed E-state index contributed by atoms with van der Waals surface area (Å²) in [5.41, 5.74) is 9.22. The van der Waals surface area contributed by atoms with E-state index >= 15 is 0 Å². The quantitative estimate of drug-likeness (QED) is 0.297. The summed E-state index contributed by atoms with van der Waals surface area (Å²) in [6, 6.07) is 40.9. The topological polar surface area (TPSA) is 0 Å². The van der Waals surface area contributed by atoms with E-state index in [0.29, 0.717) is 10.8 Å². The van der Waals surface area contributed by atoms with Crippen molar-refractivity contribution in [1.29, 1.82) is 0 Å².